The summed E-state index contributed by atoms with van der Waals surface area (Å²) in [6.45, 7) is 1.94. The maximum atomic E-state index is 11.1. The van der Waals surface area contributed by atoms with Gasteiger partial charge < -0.3 is 9.40 Å². The molecule has 2 heterocycles. The standard InChI is InChI=1S/C14H12N4O2/c1-2-8(6-15)13-16-7-11(17-13)9-3-4-12-10(5-9)18-14(19)20-12/h3-5,7-8H,2H2,1H3,(H,16,17)(H,18,19). The minimum absolute atomic E-state index is 0.235. The minimum atomic E-state index is -0.474. The maximum absolute atomic E-state index is 11.1. The second-order valence-electron chi connectivity index (χ2n) is 4.50. The van der Waals surface area contributed by atoms with Gasteiger partial charge in [0.25, 0.3) is 0 Å². The first kappa shape index (κ1) is 12.2. The van der Waals surface area contributed by atoms with Gasteiger partial charge in [0.1, 0.15) is 11.7 Å². The number of H-pyrrole nitrogens is 2. The Morgan fingerprint density at radius 3 is 3.05 bits per heavy atom. The summed E-state index contributed by atoms with van der Waals surface area (Å²) in [5, 5.41) is 9.04. The van der Waals surface area contributed by atoms with Crippen LogP contribution in [0.1, 0.15) is 25.1 Å². The van der Waals surface area contributed by atoms with Crippen molar-refractivity contribution in [3.63, 3.8) is 0 Å². The van der Waals surface area contributed by atoms with Gasteiger partial charge in [-0.25, -0.2) is 9.78 Å². The van der Waals surface area contributed by atoms with E-state index in [1.54, 1.807) is 12.3 Å². The molecule has 20 heavy (non-hydrogen) atoms. The molecule has 0 fully saturated rings. The molecule has 0 aliphatic rings. The average molecular weight is 268 g/mol. The molecule has 1 aromatic carbocycles. The highest BCUT2D eigenvalue weighted by Crippen LogP contribution is 2.24. The van der Waals surface area contributed by atoms with Gasteiger partial charge in [-0.3, -0.25) is 4.98 Å². The molecule has 0 bridgehead atoms. The van der Waals surface area contributed by atoms with E-state index in [4.69, 9.17) is 9.68 Å². The van der Waals surface area contributed by atoms with Crippen molar-refractivity contribution < 1.29 is 4.42 Å². The lowest BCUT2D eigenvalue weighted by Crippen LogP contribution is -1.95. The molecular formula is C14H12N4O2. The molecule has 3 rings (SSSR count). The zero-order chi connectivity index (χ0) is 14.1. The van der Waals surface area contributed by atoms with Crippen molar-refractivity contribution in [1.29, 1.82) is 5.26 Å². The van der Waals surface area contributed by atoms with Crippen LogP contribution in [0, 0.1) is 11.3 Å². The summed E-state index contributed by atoms with van der Waals surface area (Å²) < 4.78 is 4.96. The number of benzene rings is 1. The van der Waals surface area contributed by atoms with Gasteiger partial charge in [0.15, 0.2) is 5.58 Å². The van der Waals surface area contributed by atoms with Crippen LogP contribution in [0.3, 0.4) is 0 Å². The van der Waals surface area contributed by atoms with Gasteiger partial charge in [-0.2, -0.15) is 5.26 Å². The fourth-order valence-electron chi connectivity index (χ4n) is 2.13. The number of nitriles is 1. The van der Waals surface area contributed by atoms with Crippen LogP contribution >= 0.6 is 0 Å². The Labute approximate surface area is 114 Å². The molecule has 0 aliphatic carbocycles. The number of aromatic amines is 2. The van der Waals surface area contributed by atoms with Gasteiger partial charge in [0, 0.05) is 5.56 Å². The molecule has 2 N–H and O–H groups in total. The molecule has 0 amide bonds. The van der Waals surface area contributed by atoms with E-state index in [0.29, 0.717) is 23.3 Å². The van der Waals surface area contributed by atoms with E-state index in [1.807, 2.05) is 19.1 Å². The van der Waals surface area contributed by atoms with Crippen molar-refractivity contribution in [2.75, 3.05) is 0 Å². The topological polar surface area (TPSA) is 98.5 Å². The molecule has 3 aromatic rings. The number of hydrogen-bond donors (Lipinski definition) is 2. The Bertz CT molecular complexity index is 850. The van der Waals surface area contributed by atoms with E-state index >= 15 is 0 Å². The van der Waals surface area contributed by atoms with Crippen molar-refractivity contribution in [3.05, 3.63) is 40.8 Å². The lowest BCUT2D eigenvalue weighted by molar-refractivity contribution is 0.555. The Kier molecular flexibility index (Phi) is 2.88. The molecule has 100 valence electrons. The van der Waals surface area contributed by atoms with Crippen molar-refractivity contribution in [3.8, 4) is 17.3 Å². The highest BCUT2D eigenvalue weighted by atomic mass is 16.4. The summed E-state index contributed by atoms with van der Waals surface area (Å²) >= 11 is 0. The summed E-state index contributed by atoms with van der Waals surface area (Å²) in [6.07, 6.45) is 2.40. The van der Waals surface area contributed by atoms with Crippen LogP contribution in [-0.4, -0.2) is 15.0 Å². The van der Waals surface area contributed by atoms with Crippen molar-refractivity contribution in [2.24, 2.45) is 0 Å². The Hall–Kier alpha value is -2.81. The summed E-state index contributed by atoms with van der Waals surface area (Å²) in [6, 6.07) is 7.58. The monoisotopic (exact) mass is 268 g/mol. The van der Waals surface area contributed by atoms with E-state index in [-0.39, 0.29) is 5.92 Å². The van der Waals surface area contributed by atoms with E-state index in [2.05, 4.69) is 21.0 Å². The number of aromatic nitrogens is 3. The number of oxazole rings is 1. The number of hydrogen-bond acceptors (Lipinski definition) is 4. The fourth-order valence-corrected chi connectivity index (χ4v) is 2.13. The molecule has 0 radical (unpaired) electrons. The van der Waals surface area contributed by atoms with Gasteiger partial charge in [0.2, 0.25) is 0 Å². The molecule has 1 unspecified atom stereocenters. The van der Waals surface area contributed by atoms with Crippen LogP contribution in [0.2, 0.25) is 0 Å². The molecule has 0 saturated heterocycles. The molecule has 0 spiro atoms. The predicted molar refractivity (Wildman–Crippen MR) is 73.1 cm³/mol. The third kappa shape index (κ3) is 1.99. The first-order chi connectivity index (χ1) is 9.71. The van der Waals surface area contributed by atoms with E-state index in [1.165, 1.54) is 0 Å². The van der Waals surface area contributed by atoms with E-state index in [9.17, 15) is 4.79 Å². The summed E-state index contributed by atoms with van der Waals surface area (Å²) in [5.41, 5.74) is 2.83. The van der Waals surface area contributed by atoms with Crippen molar-refractivity contribution in [2.45, 2.75) is 19.3 Å². The molecule has 0 saturated carbocycles. The van der Waals surface area contributed by atoms with Crippen molar-refractivity contribution in [1.82, 2.24) is 15.0 Å². The van der Waals surface area contributed by atoms with Crippen LogP contribution < -0.4 is 5.76 Å². The molecule has 0 aliphatic heterocycles. The Balaban J connectivity index is 2.02. The van der Waals surface area contributed by atoms with Gasteiger partial charge in [-0.1, -0.05) is 6.92 Å². The van der Waals surface area contributed by atoms with Crippen LogP contribution in [0.15, 0.2) is 33.6 Å². The first-order valence-electron chi connectivity index (χ1n) is 6.29. The lowest BCUT2D eigenvalue weighted by atomic mass is 10.1. The van der Waals surface area contributed by atoms with E-state index < -0.39 is 5.76 Å². The SMILES string of the molecule is CCC(C#N)c1ncc(-c2ccc3oc(=O)[nH]c3c2)[nH]1. The minimum Gasteiger partial charge on any atom is -0.408 e. The van der Waals surface area contributed by atoms with Crippen LogP contribution in [0.25, 0.3) is 22.4 Å². The predicted octanol–water partition coefficient (Wildman–Crippen LogP) is 2.53. The number of nitrogens with zero attached hydrogens (tertiary/aromatic N) is 2. The third-order valence-corrected chi connectivity index (χ3v) is 3.22. The lowest BCUT2D eigenvalue weighted by Gasteiger charge is -2.01. The maximum Gasteiger partial charge on any atom is 0.417 e. The molecule has 2 aromatic heterocycles. The first-order valence-corrected chi connectivity index (χ1v) is 6.29. The van der Waals surface area contributed by atoms with Crippen molar-refractivity contribution >= 4 is 11.1 Å². The Morgan fingerprint density at radius 2 is 2.30 bits per heavy atom. The van der Waals surface area contributed by atoms with Gasteiger partial charge in [-0.15, -0.1) is 0 Å². The molecule has 6 nitrogen and oxygen atoms in total. The smallest absolute Gasteiger partial charge is 0.408 e. The Morgan fingerprint density at radius 1 is 1.45 bits per heavy atom. The zero-order valence-corrected chi connectivity index (χ0v) is 10.8. The van der Waals surface area contributed by atoms with Crippen LogP contribution in [0.4, 0.5) is 0 Å². The molecular weight excluding hydrogens is 256 g/mol. The van der Waals surface area contributed by atoms with E-state index in [0.717, 1.165) is 11.3 Å². The van der Waals surface area contributed by atoms with Gasteiger partial charge in [-0.05, 0) is 24.6 Å². The van der Waals surface area contributed by atoms with Crippen LogP contribution in [-0.2, 0) is 0 Å². The number of nitrogens with one attached hydrogen (secondary N) is 2. The highest BCUT2D eigenvalue weighted by molar-refractivity contribution is 5.78. The molecule has 1 atom stereocenters. The average Bonchev–Trinajstić information content (AvgIpc) is 3.05. The zero-order valence-electron chi connectivity index (χ0n) is 10.8. The largest absolute Gasteiger partial charge is 0.417 e. The van der Waals surface area contributed by atoms with Gasteiger partial charge >= 0.3 is 5.76 Å². The molecule has 6 heteroatoms. The summed E-state index contributed by atoms with van der Waals surface area (Å²) in [7, 11) is 0. The number of fused-ring (bicyclic) bond motifs is 1. The number of rotatable bonds is 3. The van der Waals surface area contributed by atoms with Crippen LogP contribution in [0.5, 0.6) is 0 Å². The quantitative estimate of drug-likeness (QED) is 0.762. The highest BCUT2D eigenvalue weighted by Gasteiger charge is 2.13. The summed E-state index contributed by atoms with van der Waals surface area (Å²) in [4.78, 5) is 21.1. The second kappa shape index (κ2) is 4.70. The van der Waals surface area contributed by atoms with Gasteiger partial charge in [0.05, 0.1) is 23.5 Å². The second-order valence-corrected chi connectivity index (χ2v) is 4.50. The third-order valence-electron chi connectivity index (χ3n) is 3.22. The fraction of sp³-hybridized carbons (Fsp3) is 0.214. The number of imidazole rings is 1. The normalized spacial score (nSPS) is 12.4. The summed E-state index contributed by atoms with van der Waals surface area (Å²) in [5.74, 6) is -0.0509.